The zero-order valence-corrected chi connectivity index (χ0v) is 12.3. The molecule has 0 fully saturated rings. The van der Waals surface area contributed by atoms with Crippen LogP contribution in [0.1, 0.15) is 0 Å². The van der Waals surface area contributed by atoms with Crippen molar-refractivity contribution in [3.63, 3.8) is 0 Å². The molecule has 5 heteroatoms. The van der Waals surface area contributed by atoms with E-state index in [9.17, 15) is 5.11 Å². The van der Waals surface area contributed by atoms with Gasteiger partial charge >= 0.3 is 0 Å². The third-order valence-corrected chi connectivity index (χ3v) is 3.61. The summed E-state index contributed by atoms with van der Waals surface area (Å²) in [5, 5.41) is 20.8. The van der Waals surface area contributed by atoms with Crippen LogP contribution in [0, 0.1) is 0 Å². The van der Waals surface area contributed by atoms with Crippen molar-refractivity contribution in [3.05, 3.63) is 64.6 Å². The molecule has 3 nitrogen and oxygen atoms in total. The van der Waals surface area contributed by atoms with Crippen LogP contribution in [0.2, 0.25) is 10.0 Å². The molecule has 3 aromatic carbocycles. The fraction of sp³-hybridized carbons (Fsp3) is 0. The fourth-order valence-corrected chi connectivity index (χ4v) is 2.35. The lowest BCUT2D eigenvalue weighted by atomic mass is 10.1. The molecule has 0 bridgehead atoms. The number of azo groups is 1. The maximum Gasteiger partial charge on any atom is 0.123 e. The third kappa shape index (κ3) is 2.84. The van der Waals surface area contributed by atoms with E-state index in [1.54, 1.807) is 30.3 Å². The minimum atomic E-state index is 0.213. The zero-order chi connectivity index (χ0) is 14.8. The van der Waals surface area contributed by atoms with E-state index in [1.165, 1.54) is 0 Å². The molecule has 0 amide bonds. The smallest absolute Gasteiger partial charge is 0.123 e. The molecule has 0 saturated carbocycles. The topological polar surface area (TPSA) is 45.0 Å². The summed E-state index contributed by atoms with van der Waals surface area (Å²) >= 11 is 12.0. The Balaban J connectivity index is 2.08. The van der Waals surface area contributed by atoms with Crippen LogP contribution >= 0.6 is 23.2 Å². The van der Waals surface area contributed by atoms with Crippen molar-refractivity contribution in [2.24, 2.45) is 10.2 Å². The van der Waals surface area contributed by atoms with Gasteiger partial charge in [-0.1, -0.05) is 47.5 Å². The lowest BCUT2D eigenvalue weighted by Gasteiger charge is -2.03. The molecule has 21 heavy (non-hydrogen) atoms. The molecular weight excluding hydrogens is 307 g/mol. The Hall–Kier alpha value is -2.10. The van der Waals surface area contributed by atoms with Gasteiger partial charge in [-0.15, -0.1) is 10.2 Å². The molecule has 0 aliphatic heterocycles. The average Bonchev–Trinajstić information content (AvgIpc) is 2.50. The Morgan fingerprint density at radius 3 is 2.29 bits per heavy atom. The summed E-state index contributed by atoms with van der Waals surface area (Å²) in [6.45, 7) is 0. The van der Waals surface area contributed by atoms with Crippen molar-refractivity contribution in [2.75, 3.05) is 0 Å². The number of nitrogens with zero attached hydrogens (tertiary/aromatic N) is 2. The normalized spacial score (nSPS) is 11.3. The van der Waals surface area contributed by atoms with Gasteiger partial charge in [0.1, 0.15) is 11.4 Å². The van der Waals surface area contributed by atoms with Crippen LogP contribution in [0.25, 0.3) is 10.8 Å². The van der Waals surface area contributed by atoms with Crippen molar-refractivity contribution >= 4 is 45.3 Å². The number of halogens is 2. The maximum atomic E-state index is 9.85. The van der Waals surface area contributed by atoms with E-state index in [4.69, 9.17) is 23.2 Å². The molecule has 0 unspecified atom stereocenters. The van der Waals surface area contributed by atoms with E-state index < -0.39 is 0 Å². The van der Waals surface area contributed by atoms with Crippen LogP contribution < -0.4 is 0 Å². The molecule has 0 aromatic heterocycles. The van der Waals surface area contributed by atoms with Crippen molar-refractivity contribution in [1.82, 2.24) is 0 Å². The second kappa shape index (κ2) is 5.72. The standard InChI is InChI=1S/C16H10Cl2N2O/c17-10-5-6-13(18)15(9-10)20-19-14-7-8-16(21)12-4-2-1-3-11(12)14/h1-9,21H. The summed E-state index contributed by atoms with van der Waals surface area (Å²) in [6, 6.07) is 15.8. The Morgan fingerprint density at radius 2 is 1.48 bits per heavy atom. The molecule has 0 saturated heterocycles. The van der Waals surface area contributed by atoms with Gasteiger partial charge in [0.2, 0.25) is 0 Å². The molecule has 0 aliphatic rings. The van der Waals surface area contributed by atoms with E-state index in [2.05, 4.69) is 10.2 Å². The number of aromatic hydroxyl groups is 1. The van der Waals surface area contributed by atoms with Gasteiger partial charge in [-0.05, 0) is 30.3 Å². The number of benzene rings is 3. The molecule has 0 aliphatic carbocycles. The molecule has 0 heterocycles. The Morgan fingerprint density at radius 1 is 0.762 bits per heavy atom. The van der Waals surface area contributed by atoms with Crippen molar-refractivity contribution < 1.29 is 5.11 Å². The van der Waals surface area contributed by atoms with Gasteiger partial charge in [-0.25, -0.2) is 0 Å². The quantitative estimate of drug-likeness (QED) is 0.556. The first kappa shape index (κ1) is 13.9. The Kier molecular flexibility index (Phi) is 3.78. The number of hydrogen-bond donors (Lipinski definition) is 1. The van der Waals surface area contributed by atoms with Crippen molar-refractivity contribution in [3.8, 4) is 5.75 Å². The lowest BCUT2D eigenvalue weighted by Crippen LogP contribution is -1.75. The highest BCUT2D eigenvalue weighted by Gasteiger charge is 2.05. The molecule has 0 atom stereocenters. The zero-order valence-electron chi connectivity index (χ0n) is 10.8. The highest BCUT2D eigenvalue weighted by molar-refractivity contribution is 6.35. The largest absolute Gasteiger partial charge is 0.507 e. The average molecular weight is 317 g/mol. The number of phenols is 1. The van der Waals surface area contributed by atoms with Gasteiger partial charge in [-0.2, -0.15) is 0 Å². The van der Waals surface area contributed by atoms with Gasteiger partial charge in [0, 0.05) is 15.8 Å². The van der Waals surface area contributed by atoms with Gasteiger partial charge in [0.05, 0.1) is 10.7 Å². The number of fused-ring (bicyclic) bond motifs is 1. The fourth-order valence-electron chi connectivity index (χ4n) is 2.02. The summed E-state index contributed by atoms with van der Waals surface area (Å²) in [6.07, 6.45) is 0. The van der Waals surface area contributed by atoms with Gasteiger partial charge < -0.3 is 5.11 Å². The number of hydrogen-bond acceptors (Lipinski definition) is 3. The lowest BCUT2D eigenvalue weighted by molar-refractivity contribution is 0.481. The van der Waals surface area contributed by atoms with E-state index in [-0.39, 0.29) is 5.75 Å². The van der Waals surface area contributed by atoms with E-state index in [1.807, 2.05) is 24.3 Å². The number of rotatable bonds is 2. The third-order valence-electron chi connectivity index (χ3n) is 3.05. The highest BCUT2D eigenvalue weighted by Crippen LogP contribution is 2.34. The maximum absolute atomic E-state index is 9.85. The molecule has 0 spiro atoms. The molecule has 0 radical (unpaired) electrons. The first-order valence-electron chi connectivity index (χ1n) is 6.22. The molecule has 3 aromatic rings. The second-order valence-electron chi connectivity index (χ2n) is 4.45. The first-order valence-corrected chi connectivity index (χ1v) is 6.98. The highest BCUT2D eigenvalue weighted by atomic mass is 35.5. The first-order chi connectivity index (χ1) is 10.1. The molecule has 104 valence electrons. The van der Waals surface area contributed by atoms with Crippen LogP contribution in [0.15, 0.2) is 64.8 Å². The van der Waals surface area contributed by atoms with Crippen LogP contribution in [-0.2, 0) is 0 Å². The summed E-state index contributed by atoms with van der Waals surface area (Å²) in [4.78, 5) is 0. The summed E-state index contributed by atoms with van der Waals surface area (Å²) in [7, 11) is 0. The van der Waals surface area contributed by atoms with Gasteiger partial charge in [0.15, 0.2) is 0 Å². The van der Waals surface area contributed by atoms with Crippen LogP contribution in [0.5, 0.6) is 5.75 Å². The Labute approximate surface area is 131 Å². The molecule has 1 N–H and O–H groups in total. The minimum Gasteiger partial charge on any atom is -0.507 e. The molecular formula is C16H10Cl2N2O. The van der Waals surface area contributed by atoms with Crippen LogP contribution in [-0.4, -0.2) is 5.11 Å². The van der Waals surface area contributed by atoms with E-state index >= 15 is 0 Å². The second-order valence-corrected chi connectivity index (χ2v) is 5.29. The minimum absolute atomic E-state index is 0.213. The van der Waals surface area contributed by atoms with Gasteiger partial charge in [0.25, 0.3) is 0 Å². The van der Waals surface area contributed by atoms with Crippen LogP contribution in [0.3, 0.4) is 0 Å². The predicted octanol–water partition coefficient (Wildman–Crippen LogP) is 6.27. The summed E-state index contributed by atoms with van der Waals surface area (Å²) in [5.41, 5.74) is 1.15. The van der Waals surface area contributed by atoms with E-state index in [0.29, 0.717) is 21.4 Å². The Bertz CT molecular complexity index is 847. The monoisotopic (exact) mass is 316 g/mol. The molecule has 3 rings (SSSR count). The van der Waals surface area contributed by atoms with E-state index in [0.717, 1.165) is 10.8 Å². The SMILES string of the molecule is Oc1ccc(N=Nc2cc(Cl)ccc2Cl)c2ccccc12. The van der Waals surface area contributed by atoms with Crippen molar-refractivity contribution in [2.45, 2.75) is 0 Å². The van der Waals surface area contributed by atoms with Crippen LogP contribution in [0.4, 0.5) is 11.4 Å². The summed E-state index contributed by atoms with van der Waals surface area (Å²) < 4.78 is 0. The predicted molar refractivity (Wildman–Crippen MR) is 86.3 cm³/mol. The van der Waals surface area contributed by atoms with Crippen molar-refractivity contribution in [1.29, 1.82) is 0 Å². The number of phenolic OH excluding ortho intramolecular Hbond substituents is 1. The van der Waals surface area contributed by atoms with Gasteiger partial charge in [-0.3, -0.25) is 0 Å². The summed E-state index contributed by atoms with van der Waals surface area (Å²) in [5.74, 6) is 0.213.